The first kappa shape index (κ1) is 20.0. The number of rotatable bonds is 10. The first-order chi connectivity index (χ1) is 10.7. The van der Waals surface area contributed by atoms with Gasteiger partial charge >= 0.3 is 6.18 Å². The Hall–Kier alpha value is -1.08. The van der Waals surface area contributed by atoms with E-state index in [1.165, 1.54) is 12.1 Å². The highest BCUT2D eigenvalue weighted by Gasteiger charge is 2.25. The van der Waals surface area contributed by atoms with Gasteiger partial charge in [0.1, 0.15) is 10.1 Å². The molecule has 0 spiro atoms. The lowest BCUT2D eigenvalue weighted by Gasteiger charge is -2.08. The van der Waals surface area contributed by atoms with Gasteiger partial charge in [0.05, 0.1) is 4.90 Å². The molecule has 0 aromatic heterocycles. The first-order valence-corrected chi connectivity index (χ1v) is 9.21. The summed E-state index contributed by atoms with van der Waals surface area (Å²) in [6.45, 7) is 0. The molecule has 1 rings (SSSR count). The fourth-order valence-electron chi connectivity index (χ4n) is 2.36. The molecule has 0 aliphatic heterocycles. The van der Waals surface area contributed by atoms with Crippen LogP contribution in [-0.2, 0) is 16.5 Å². The molecule has 1 aromatic rings. The lowest BCUT2D eigenvalue weighted by Crippen LogP contribution is -2.06. The van der Waals surface area contributed by atoms with E-state index >= 15 is 0 Å². The van der Waals surface area contributed by atoms with Crippen LogP contribution >= 0.6 is 0 Å². The topological polar surface area (TPSA) is 57.2 Å². The Morgan fingerprint density at radius 1 is 0.826 bits per heavy atom. The van der Waals surface area contributed by atoms with Gasteiger partial charge in [-0.3, -0.25) is 0 Å². The quantitative estimate of drug-likeness (QED) is 0.449. The minimum atomic E-state index is -4.39. The minimum absolute atomic E-state index is 0.207. The second-order valence-corrected chi connectivity index (χ2v) is 7.07. The monoisotopic (exact) mass is 351 g/mol. The van der Waals surface area contributed by atoms with Gasteiger partial charge in [-0.2, -0.15) is 13.2 Å². The van der Waals surface area contributed by atoms with Crippen molar-refractivity contribution in [3.8, 4) is 0 Å². The van der Waals surface area contributed by atoms with E-state index in [0.717, 1.165) is 44.1 Å². The van der Waals surface area contributed by atoms with E-state index in [1.54, 1.807) is 12.1 Å². The third-order valence-electron chi connectivity index (χ3n) is 3.64. The van der Waals surface area contributed by atoms with Gasteiger partial charge in [-0.25, -0.2) is 8.42 Å². The molecule has 0 N–H and O–H groups in total. The maximum absolute atomic E-state index is 11.9. The van der Waals surface area contributed by atoms with Gasteiger partial charge in [0.25, 0.3) is 0 Å². The molecule has 0 atom stereocenters. The summed E-state index contributed by atoms with van der Waals surface area (Å²) in [5, 5.41) is 0. The van der Waals surface area contributed by atoms with Crippen molar-refractivity contribution in [2.24, 2.45) is 0 Å². The number of hydrogen-bond donors (Lipinski definition) is 0. The summed E-state index contributed by atoms with van der Waals surface area (Å²) in [5.74, 6) is 0. The van der Waals surface area contributed by atoms with Gasteiger partial charge in [-0.05, 0) is 37.0 Å². The van der Waals surface area contributed by atoms with Crippen molar-refractivity contribution in [1.29, 1.82) is 0 Å². The summed E-state index contributed by atoms with van der Waals surface area (Å²) in [7, 11) is -4.39. The van der Waals surface area contributed by atoms with Crippen LogP contribution in [0.1, 0.15) is 56.9 Å². The van der Waals surface area contributed by atoms with Crippen LogP contribution in [0.4, 0.5) is 13.2 Å². The molecule has 0 aliphatic rings. The largest absolute Gasteiger partial charge is 0.744 e. The van der Waals surface area contributed by atoms with Crippen molar-refractivity contribution in [2.45, 2.75) is 68.9 Å². The van der Waals surface area contributed by atoms with Crippen molar-refractivity contribution in [1.82, 2.24) is 0 Å². The molecule has 0 heterocycles. The Bertz CT molecular complexity index is 551. The van der Waals surface area contributed by atoms with Gasteiger partial charge in [-0.1, -0.05) is 44.2 Å². The third kappa shape index (κ3) is 9.61. The SMILES string of the molecule is O=S(=O)([O-])c1ccc(CCCCCCCCCC(F)(F)F)cc1. The van der Waals surface area contributed by atoms with Crippen LogP contribution in [0.15, 0.2) is 29.2 Å². The van der Waals surface area contributed by atoms with Crippen LogP contribution in [0.2, 0.25) is 0 Å². The molecule has 0 bridgehead atoms. The molecule has 0 amide bonds. The number of unbranched alkanes of at least 4 members (excludes halogenated alkanes) is 6. The lowest BCUT2D eigenvalue weighted by molar-refractivity contribution is -0.135. The van der Waals surface area contributed by atoms with Crippen molar-refractivity contribution < 1.29 is 26.1 Å². The molecule has 0 unspecified atom stereocenters. The first-order valence-electron chi connectivity index (χ1n) is 7.80. The molecule has 0 fully saturated rings. The second-order valence-electron chi connectivity index (χ2n) is 5.69. The van der Waals surface area contributed by atoms with Gasteiger partial charge in [0.2, 0.25) is 0 Å². The van der Waals surface area contributed by atoms with Gasteiger partial charge < -0.3 is 4.55 Å². The molecule has 3 nitrogen and oxygen atoms in total. The van der Waals surface area contributed by atoms with Crippen LogP contribution in [-0.4, -0.2) is 19.1 Å². The maximum atomic E-state index is 11.9. The van der Waals surface area contributed by atoms with Crippen LogP contribution in [0.3, 0.4) is 0 Å². The van der Waals surface area contributed by atoms with E-state index in [-0.39, 0.29) is 11.3 Å². The Morgan fingerprint density at radius 2 is 1.30 bits per heavy atom. The van der Waals surface area contributed by atoms with Crippen molar-refractivity contribution in [3.63, 3.8) is 0 Å². The van der Waals surface area contributed by atoms with Gasteiger partial charge in [0, 0.05) is 6.42 Å². The highest BCUT2D eigenvalue weighted by Crippen LogP contribution is 2.23. The summed E-state index contributed by atoms with van der Waals surface area (Å²) < 4.78 is 68.2. The average molecular weight is 351 g/mol. The summed E-state index contributed by atoms with van der Waals surface area (Å²) in [6, 6.07) is 5.92. The molecule has 132 valence electrons. The van der Waals surface area contributed by atoms with Gasteiger partial charge in [-0.15, -0.1) is 0 Å². The van der Waals surface area contributed by atoms with Crippen LogP contribution in [0, 0.1) is 0 Å². The summed E-state index contributed by atoms with van der Waals surface area (Å²) in [5.41, 5.74) is 0.975. The third-order valence-corrected chi connectivity index (χ3v) is 4.49. The molecule has 23 heavy (non-hydrogen) atoms. The predicted octanol–water partition coefficient (Wildman–Crippen LogP) is 4.82. The van der Waals surface area contributed by atoms with Crippen LogP contribution in [0.25, 0.3) is 0 Å². The molecular weight excluding hydrogens is 329 g/mol. The molecule has 0 saturated heterocycles. The van der Waals surface area contributed by atoms with Gasteiger partial charge in [0.15, 0.2) is 0 Å². The van der Waals surface area contributed by atoms with E-state index in [9.17, 15) is 26.1 Å². The van der Waals surface area contributed by atoms with E-state index in [4.69, 9.17) is 0 Å². The highest BCUT2D eigenvalue weighted by molar-refractivity contribution is 7.85. The molecule has 0 radical (unpaired) electrons. The lowest BCUT2D eigenvalue weighted by atomic mass is 10.0. The Kier molecular flexibility index (Phi) is 8.05. The van der Waals surface area contributed by atoms with Crippen molar-refractivity contribution in [2.75, 3.05) is 0 Å². The molecule has 7 heteroatoms. The Balaban J connectivity index is 2.07. The van der Waals surface area contributed by atoms with Crippen molar-refractivity contribution >= 4 is 10.1 Å². The minimum Gasteiger partial charge on any atom is -0.744 e. The maximum Gasteiger partial charge on any atom is 0.389 e. The molecule has 0 saturated carbocycles. The van der Waals surface area contributed by atoms with Crippen LogP contribution < -0.4 is 0 Å². The molecule has 1 aromatic carbocycles. The molecule has 0 aliphatic carbocycles. The number of alkyl halides is 3. The Morgan fingerprint density at radius 3 is 1.78 bits per heavy atom. The van der Waals surface area contributed by atoms with E-state index in [0.29, 0.717) is 6.42 Å². The number of hydrogen-bond acceptors (Lipinski definition) is 3. The zero-order chi connectivity index (χ0) is 17.3. The zero-order valence-corrected chi connectivity index (χ0v) is 13.8. The second kappa shape index (κ2) is 9.27. The fourth-order valence-corrected chi connectivity index (χ4v) is 2.83. The summed E-state index contributed by atoms with van der Waals surface area (Å²) >= 11 is 0. The zero-order valence-electron chi connectivity index (χ0n) is 12.9. The van der Waals surface area contributed by atoms with E-state index in [2.05, 4.69) is 0 Å². The number of aryl methyl sites for hydroxylation is 1. The summed E-state index contributed by atoms with van der Waals surface area (Å²) in [4.78, 5) is -0.222. The van der Waals surface area contributed by atoms with E-state index in [1.807, 2.05) is 0 Å². The fraction of sp³-hybridized carbons (Fsp3) is 0.625. The Labute approximate surface area is 135 Å². The normalized spacial score (nSPS) is 12.5. The number of halogens is 3. The number of benzene rings is 1. The average Bonchev–Trinajstić information content (AvgIpc) is 2.44. The highest BCUT2D eigenvalue weighted by atomic mass is 32.2. The van der Waals surface area contributed by atoms with Crippen molar-refractivity contribution in [3.05, 3.63) is 29.8 Å². The summed E-state index contributed by atoms with van der Waals surface area (Å²) in [6.07, 6.45) is 1.56. The van der Waals surface area contributed by atoms with Crippen LogP contribution in [0.5, 0.6) is 0 Å². The van der Waals surface area contributed by atoms with E-state index < -0.39 is 22.7 Å². The standard InChI is InChI=1S/C16H23F3O3S/c17-16(18,19)13-7-5-3-1-2-4-6-8-14-9-11-15(12-10-14)23(20,21)22/h9-12H,1-8,13H2,(H,20,21,22)/p-1. The molecular formula is C16H22F3O3S-. The predicted molar refractivity (Wildman–Crippen MR) is 81.1 cm³/mol. The smallest absolute Gasteiger partial charge is 0.389 e.